The van der Waals surface area contributed by atoms with Gasteiger partial charge in [-0.05, 0) is 30.5 Å². The van der Waals surface area contributed by atoms with Crippen LogP contribution in [0.2, 0.25) is 10.0 Å². The normalized spacial score (nSPS) is 10.4. The third-order valence-corrected chi connectivity index (χ3v) is 4.75. The molecule has 0 saturated carbocycles. The Bertz CT molecular complexity index is 817. The first-order valence-corrected chi connectivity index (χ1v) is 9.14. The zero-order valence-electron chi connectivity index (χ0n) is 13.5. The Morgan fingerprint density at radius 1 is 1.20 bits per heavy atom. The maximum atomic E-state index is 13.6. The second-order valence-corrected chi connectivity index (χ2v) is 6.82. The fraction of sp³-hybridized carbons (Fsp3) is 0.176. The SMILES string of the molecule is CSc1ccccc1NC(=O)CN(C)C(=O)c1cc(F)c(Cl)cc1Cl. The Morgan fingerprint density at radius 2 is 1.88 bits per heavy atom. The Hall–Kier alpha value is -1.76. The van der Waals surface area contributed by atoms with Gasteiger partial charge in [0.2, 0.25) is 5.91 Å². The Kier molecular flexibility index (Phi) is 6.70. The molecule has 4 nitrogen and oxygen atoms in total. The molecule has 1 N–H and O–H groups in total. The molecule has 0 heterocycles. The summed E-state index contributed by atoms with van der Waals surface area (Å²) in [6, 6.07) is 9.45. The maximum absolute atomic E-state index is 13.6. The van der Waals surface area contributed by atoms with E-state index in [2.05, 4.69) is 5.32 Å². The van der Waals surface area contributed by atoms with Crippen LogP contribution >= 0.6 is 35.0 Å². The molecule has 0 aromatic heterocycles. The predicted octanol–water partition coefficient (Wildman–Crippen LogP) is 4.57. The van der Waals surface area contributed by atoms with Crippen molar-refractivity contribution in [2.45, 2.75) is 4.90 Å². The van der Waals surface area contributed by atoms with Gasteiger partial charge in [0.25, 0.3) is 5.91 Å². The van der Waals surface area contributed by atoms with Crippen LogP contribution in [-0.4, -0.2) is 36.6 Å². The molecule has 2 rings (SSSR count). The van der Waals surface area contributed by atoms with E-state index in [1.165, 1.54) is 18.8 Å². The van der Waals surface area contributed by atoms with E-state index in [1.807, 2.05) is 18.4 Å². The molecule has 0 fully saturated rings. The molecule has 0 aliphatic heterocycles. The molecular formula is C17H15Cl2FN2O2S. The van der Waals surface area contributed by atoms with E-state index in [4.69, 9.17) is 23.2 Å². The molecule has 2 amide bonds. The molecule has 0 aliphatic carbocycles. The first-order chi connectivity index (χ1) is 11.8. The highest BCUT2D eigenvalue weighted by atomic mass is 35.5. The Balaban J connectivity index is 2.08. The first-order valence-electron chi connectivity index (χ1n) is 7.16. The van der Waals surface area contributed by atoms with E-state index in [0.717, 1.165) is 21.9 Å². The number of hydrogen-bond acceptors (Lipinski definition) is 3. The number of rotatable bonds is 5. The van der Waals surface area contributed by atoms with Gasteiger partial charge in [0.15, 0.2) is 0 Å². The van der Waals surface area contributed by atoms with E-state index in [-0.39, 0.29) is 28.1 Å². The number of halogens is 3. The van der Waals surface area contributed by atoms with E-state index >= 15 is 0 Å². The smallest absolute Gasteiger partial charge is 0.255 e. The lowest BCUT2D eigenvalue weighted by Gasteiger charge is -2.18. The fourth-order valence-corrected chi connectivity index (χ4v) is 3.13. The highest BCUT2D eigenvalue weighted by Gasteiger charge is 2.20. The van der Waals surface area contributed by atoms with Gasteiger partial charge in [-0.1, -0.05) is 35.3 Å². The number of nitrogens with one attached hydrogen (secondary N) is 1. The van der Waals surface area contributed by atoms with Crippen LogP contribution in [0.25, 0.3) is 0 Å². The van der Waals surface area contributed by atoms with Crippen molar-refractivity contribution in [1.29, 1.82) is 0 Å². The van der Waals surface area contributed by atoms with Crippen molar-refractivity contribution in [1.82, 2.24) is 4.90 Å². The molecular weight excluding hydrogens is 386 g/mol. The van der Waals surface area contributed by atoms with Crippen LogP contribution in [0, 0.1) is 5.82 Å². The van der Waals surface area contributed by atoms with Gasteiger partial charge in [-0.3, -0.25) is 9.59 Å². The molecule has 0 atom stereocenters. The summed E-state index contributed by atoms with van der Waals surface area (Å²) in [7, 11) is 1.44. The average molecular weight is 401 g/mol. The van der Waals surface area contributed by atoms with Crippen LogP contribution in [0.4, 0.5) is 10.1 Å². The quantitative estimate of drug-likeness (QED) is 0.590. The number of hydrogen-bond donors (Lipinski definition) is 1. The number of para-hydroxylation sites is 1. The molecule has 2 aromatic rings. The third-order valence-electron chi connectivity index (χ3n) is 3.35. The Morgan fingerprint density at radius 3 is 2.56 bits per heavy atom. The summed E-state index contributed by atoms with van der Waals surface area (Å²) >= 11 is 13.1. The molecule has 2 aromatic carbocycles. The lowest BCUT2D eigenvalue weighted by atomic mass is 10.2. The number of thioether (sulfide) groups is 1. The highest BCUT2D eigenvalue weighted by Crippen LogP contribution is 2.26. The van der Waals surface area contributed by atoms with Crippen molar-refractivity contribution in [3.8, 4) is 0 Å². The molecule has 0 aliphatic rings. The maximum Gasteiger partial charge on any atom is 0.255 e. The van der Waals surface area contributed by atoms with Gasteiger partial charge in [-0.2, -0.15) is 0 Å². The second kappa shape index (κ2) is 8.56. The van der Waals surface area contributed by atoms with Crippen molar-refractivity contribution < 1.29 is 14.0 Å². The van der Waals surface area contributed by atoms with Crippen LogP contribution < -0.4 is 5.32 Å². The number of nitrogens with zero attached hydrogens (tertiary/aromatic N) is 1. The Labute approximate surface area is 159 Å². The summed E-state index contributed by atoms with van der Waals surface area (Å²) in [6.45, 7) is -0.206. The van der Waals surface area contributed by atoms with E-state index in [9.17, 15) is 14.0 Å². The van der Waals surface area contributed by atoms with Crippen LogP contribution in [0.15, 0.2) is 41.3 Å². The zero-order valence-corrected chi connectivity index (χ0v) is 15.8. The fourth-order valence-electron chi connectivity index (χ4n) is 2.12. The van der Waals surface area contributed by atoms with Crippen LogP contribution in [0.3, 0.4) is 0 Å². The minimum atomic E-state index is -0.749. The van der Waals surface area contributed by atoms with Crippen molar-refractivity contribution in [2.24, 2.45) is 0 Å². The summed E-state index contributed by atoms with van der Waals surface area (Å²) in [5.74, 6) is -1.70. The molecule has 0 saturated heterocycles. The topological polar surface area (TPSA) is 49.4 Å². The van der Waals surface area contributed by atoms with E-state index in [0.29, 0.717) is 5.69 Å². The molecule has 25 heavy (non-hydrogen) atoms. The minimum absolute atomic E-state index is 0.0244. The van der Waals surface area contributed by atoms with Gasteiger partial charge in [0.05, 0.1) is 27.8 Å². The largest absolute Gasteiger partial charge is 0.332 e. The van der Waals surface area contributed by atoms with Gasteiger partial charge in [0.1, 0.15) is 5.82 Å². The van der Waals surface area contributed by atoms with Gasteiger partial charge >= 0.3 is 0 Å². The number of amides is 2. The lowest BCUT2D eigenvalue weighted by Crippen LogP contribution is -2.35. The lowest BCUT2D eigenvalue weighted by molar-refractivity contribution is -0.116. The van der Waals surface area contributed by atoms with Gasteiger partial charge in [-0.15, -0.1) is 11.8 Å². The summed E-state index contributed by atoms with van der Waals surface area (Å²) in [4.78, 5) is 26.6. The number of anilines is 1. The summed E-state index contributed by atoms with van der Waals surface area (Å²) in [5, 5.41) is 2.61. The molecule has 0 spiro atoms. The van der Waals surface area contributed by atoms with Crippen LogP contribution in [-0.2, 0) is 4.79 Å². The van der Waals surface area contributed by atoms with Crippen molar-refractivity contribution in [3.05, 3.63) is 57.8 Å². The van der Waals surface area contributed by atoms with Gasteiger partial charge < -0.3 is 10.2 Å². The van der Waals surface area contributed by atoms with Gasteiger partial charge in [0, 0.05) is 11.9 Å². The van der Waals surface area contributed by atoms with Crippen LogP contribution in [0.5, 0.6) is 0 Å². The zero-order chi connectivity index (χ0) is 18.6. The third kappa shape index (κ3) is 4.87. The molecule has 8 heteroatoms. The number of likely N-dealkylation sites (N-methyl/N-ethyl adjacent to an activating group) is 1. The molecule has 0 unspecified atom stereocenters. The standard InChI is InChI=1S/C17H15Cl2FN2O2S/c1-22(17(24)10-7-13(20)12(19)8-11(10)18)9-16(23)21-14-5-3-4-6-15(14)25-2/h3-8H,9H2,1-2H3,(H,21,23). The van der Waals surface area contributed by atoms with E-state index in [1.54, 1.807) is 12.1 Å². The molecule has 0 radical (unpaired) electrons. The summed E-state index contributed by atoms with van der Waals surface area (Å²) < 4.78 is 13.6. The number of carbonyl (C=O) groups excluding carboxylic acids is 2. The van der Waals surface area contributed by atoms with Crippen molar-refractivity contribution >= 4 is 52.5 Å². The average Bonchev–Trinajstić information content (AvgIpc) is 2.57. The monoisotopic (exact) mass is 400 g/mol. The first kappa shape index (κ1) is 19.6. The second-order valence-electron chi connectivity index (χ2n) is 5.16. The number of benzene rings is 2. The molecule has 0 bridgehead atoms. The summed E-state index contributed by atoms with van der Waals surface area (Å²) in [5.41, 5.74) is 0.611. The van der Waals surface area contributed by atoms with Gasteiger partial charge in [-0.25, -0.2) is 4.39 Å². The summed E-state index contributed by atoms with van der Waals surface area (Å²) in [6.07, 6.45) is 1.90. The van der Waals surface area contributed by atoms with Crippen LogP contribution in [0.1, 0.15) is 10.4 Å². The van der Waals surface area contributed by atoms with E-state index < -0.39 is 11.7 Å². The van der Waals surface area contributed by atoms with Crippen molar-refractivity contribution in [3.63, 3.8) is 0 Å². The molecule has 132 valence electrons. The highest BCUT2D eigenvalue weighted by molar-refractivity contribution is 7.98. The van der Waals surface area contributed by atoms with Crippen molar-refractivity contribution in [2.75, 3.05) is 25.2 Å². The predicted molar refractivity (Wildman–Crippen MR) is 100 cm³/mol. The number of carbonyl (C=O) groups is 2. The minimum Gasteiger partial charge on any atom is -0.332 e.